The molecule has 0 aliphatic carbocycles. The molecule has 1 saturated heterocycles. The van der Waals surface area contributed by atoms with Crippen LogP contribution in [-0.4, -0.2) is 38.2 Å². The molecule has 3 aromatic carbocycles. The van der Waals surface area contributed by atoms with Crippen LogP contribution in [0.25, 0.3) is 6.08 Å². The molecule has 4 rings (SSSR count). The zero-order valence-electron chi connectivity index (χ0n) is 18.7. The van der Waals surface area contributed by atoms with Gasteiger partial charge in [-0.2, -0.15) is 0 Å². The second-order valence-electron chi connectivity index (χ2n) is 7.35. The Bertz CT molecular complexity index is 1270. The molecule has 1 N–H and O–H groups in total. The van der Waals surface area contributed by atoms with E-state index in [9.17, 15) is 14.4 Å². The number of halogens is 1. The highest BCUT2D eigenvalue weighted by Crippen LogP contribution is 2.26. The number of methoxy groups -OCH3 is 1. The van der Waals surface area contributed by atoms with Gasteiger partial charge in [0.25, 0.3) is 11.8 Å². The Labute approximate surface area is 210 Å². The Morgan fingerprint density at radius 1 is 0.857 bits per heavy atom. The van der Waals surface area contributed by atoms with E-state index in [0.29, 0.717) is 41.7 Å². The summed E-state index contributed by atoms with van der Waals surface area (Å²) in [6.07, 6.45) is 1.44. The summed E-state index contributed by atoms with van der Waals surface area (Å²) >= 11 is 3.32. The first-order chi connectivity index (χ1) is 17.0. The van der Waals surface area contributed by atoms with Crippen LogP contribution in [-0.2, 0) is 9.59 Å². The van der Waals surface area contributed by atoms with Gasteiger partial charge < -0.3 is 14.2 Å². The van der Waals surface area contributed by atoms with Crippen molar-refractivity contribution in [1.29, 1.82) is 0 Å². The van der Waals surface area contributed by atoms with E-state index < -0.39 is 17.8 Å². The van der Waals surface area contributed by atoms with Crippen LogP contribution >= 0.6 is 15.9 Å². The van der Waals surface area contributed by atoms with Crippen LogP contribution < -0.4 is 24.4 Å². The van der Waals surface area contributed by atoms with E-state index in [4.69, 9.17) is 14.2 Å². The number of barbiturate groups is 1. The van der Waals surface area contributed by atoms with Crippen molar-refractivity contribution in [2.45, 2.75) is 0 Å². The number of nitrogens with zero attached hydrogens (tertiary/aromatic N) is 1. The minimum absolute atomic E-state index is 0.147. The normalized spacial score (nSPS) is 14.6. The molecule has 178 valence electrons. The van der Waals surface area contributed by atoms with Crippen molar-refractivity contribution >= 4 is 45.5 Å². The fourth-order valence-corrected chi connectivity index (χ4v) is 3.62. The van der Waals surface area contributed by atoms with E-state index in [1.54, 1.807) is 55.6 Å². The molecule has 1 fully saturated rings. The van der Waals surface area contributed by atoms with Crippen molar-refractivity contribution < 1.29 is 28.6 Å². The van der Waals surface area contributed by atoms with Crippen LogP contribution in [0.4, 0.5) is 10.5 Å². The van der Waals surface area contributed by atoms with Gasteiger partial charge in [0.1, 0.15) is 24.5 Å². The Morgan fingerprint density at radius 3 is 2.20 bits per heavy atom. The summed E-state index contributed by atoms with van der Waals surface area (Å²) in [6.45, 7) is 0.629. The second kappa shape index (κ2) is 10.9. The van der Waals surface area contributed by atoms with E-state index >= 15 is 0 Å². The summed E-state index contributed by atoms with van der Waals surface area (Å²) in [5, 5.41) is 2.21. The number of benzene rings is 3. The molecule has 1 aliphatic heterocycles. The zero-order chi connectivity index (χ0) is 24.8. The average molecular weight is 537 g/mol. The zero-order valence-corrected chi connectivity index (χ0v) is 20.3. The average Bonchev–Trinajstić information content (AvgIpc) is 2.86. The summed E-state index contributed by atoms with van der Waals surface area (Å²) in [4.78, 5) is 38.5. The molecule has 0 atom stereocenters. The van der Waals surface area contributed by atoms with Gasteiger partial charge in [0, 0.05) is 4.47 Å². The smallest absolute Gasteiger partial charge is 0.335 e. The fraction of sp³-hybridized carbons (Fsp3) is 0.115. The quantitative estimate of drug-likeness (QED) is 0.257. The number of urea groups is 1. The summed E-state index contributed by atoms with van der Waals surface area (Å²) in [7, 11) is 1.58. The molecular weight excluding hydrogens is 516 g/mol. The highest BCUT2D eigenvalue weighted by atomic mass is 79.9. The first-order valence-electron chi connectivity index (χ1n) is 10.6. The monoisotopic (exact) mass is 536 g/mol. The molecule has 0 unspecified atom stereocenters. The first kappa shape index (κ1) is 24.0. The van der Waals surface area contributed by atoms with Crippen molar-refractivity contribution in [2.24, 2.45) is 0 Å². The Kier molecular flexibility index (Phi) is 7.47. The number of anilines is 1. The van der Waals surface area contributed by atoms with Crippen molar-refractivity contribution in [1.82, 2.24) is 5.32 Å². The third-order valence-corrected chi connectivity index (χ3v) is 5.58. The van der Waals surface area contributed by atoms with Gasteiger partial charge in [0.05, 0.1) is 12.8 Å². The SMILES string of the molecule is COc1ccccc1OCCOc1ccc(C=C2C(=O)NC(=O)N(c3ccc(Br)cc3)C2=O)cc1. The molecule has 0 bridgehead atoms. The number of amides is 4. The summed E-state index contributed by atoms with van der Waals surface area (Å²) in [6, 6.07) is 20.0. The Hall–Kier alpha value is -4.11. The van der Waals surface area contributed by atoms with Crippen molar-refractivity contribution in [2.75, 3.05) is 25.2 Å². The lowest BCUT2D eigenvalue weighted by Crippen LogP contribution is -2.54. The number of hydrogen-bond donors (Lipinski definition) is 1. The van der Waals surface area contributed by atoms with Gasteiger partial charge in [-0.05, 0) is 60.2 Å². The number of carbonyl (C=O) groups excluding carboxylic acids is 3. The van der Waals surface area contributed by atoms with E-state index in [2.05, 4.69) is 21.2 Å². The molecule has 35 heavy (non-hydrogen) atoms. The number of carbonyl (C=O) groups is 3. The van der Waals surface area contributed by atoms with E-state index in [1.165, 1.54) is 6.08 Å². The maximum atomic E-state index is 13.0. The van der Waals surface area contributed by atoms with Crippen LogP contribution in [0.5, 0.6) is 17.2 Å². The maximum absolute atomic E-state index is 13.0. The van der Waals surface area contributed by atoms with E-state index in [-0.39, 0.29) is 5.57 Å². The lowest BCUT2D eigenvalue weighted by Gasteiger charge is -2.26. The number of hydrogen-bond acceptors (Lipinski definition) is 6. The molecule has 8 nitrogen and oxygen atoms in total. The fourth-order valence-electron chi connectivity index (χ4n) is 3.36. The van der Waals surface area contributed by atoms with Crippen molar-refractivity contribution in [3.05, 3.63) is 88.4 Å². The highest BCUT2D eigenvalue weighted by Gasteiger charge is 2.36. The molecule has 3 aromatic rings. The number of imide groups is 2. The minimum atomic E-state index is -0.793. The summed E-state index contributed by atoms with van der Waals surface area (Å²) < 4.78 is 17.4. The van der Waals surface area contributed by atoms with Gasteiger partial charge in [-0.25, -0.2) is 9.69 Å². The van der Waals surface area contributed by atoms with Crippen LogP contribution in [0, 0.1) is 0 Å². The van der Waals surface area contributed by atoms with Gasteiger partial charge in [-0.3, -0.25) is 14.9 Å². The molecule has 4 amide bonds. The van der Waals surface area contributed by atoms with Crippen molar-refractivity contribution in [3.63, 3.8) is 0 Å². The van der Waals surface area contributed by atoms with Crippen LogP contribution in [0.15, 0.2) is 82.8 Å². The Balaban J connectivity index is 1.40. The van der Waals surface area contributed by atoms with Crippen LogP contribution in [0.2, 0.25) is 0 Å². The third kappa shape index (κ3) is 5.70. The topological polar surface area (TPSA) is 94.2 Å². The predicted octanol–water partition coefficient (Wildman–Crippen LogP) is 4.58. The number of para-hydroxylation sites is 2. The molecule has 9 heteroatoms. The van der Waals surface area contributed by atoms with Crippen molar-refractivity contribution in [3.8, 4) is 17.2 Å². The van der Waals surface area contributed by atoms with Gasteiger partial charge in [0.15, 0.2) is 11.5 Å². The number of ether oxygens (including phenoxy) is 3. The largest absolute Gasteiger partial charge is 0.493 e. The molecule has 0 aromatic heterocycles. The predicted molar refractivity (Wildman–Crippen MR) is 134 cm³/mol. The lowest BCUT2D eigenvalue weighted by atomic mass is 10.1. The highest BCUT2D eigenvalue weighted by molar-refractivity contribution is 9.10. The first-order valence-corrected chi connectivity index (χ1v) is 11.4. The third-order valence-electron chi connectivity index (χ3n) is 5.06. The summed E-state index contributed by atoms with van der Waals surface area (Å²) in [5.41, 5.74) is 0.811. The van der Waals surface area contributed by atoms with Crippen LogP contribution in [0.3, 0.4) is 0 Å². The lowest BCUT2D eigenvalue weighted by molar-refractivity contribution is -0.122. The number of nitrogens with one attached hydrogen (secondary N) is 1. The maximum Gasteiger partial charge on any atom is 0.335 e. The summed E-state index contributed by atoms with van der Waals surface area (Å²) in [5.74, 6) is 0.428. The van der Waals surface area contributed by atoms with Crippen LogP contribution in [0.1, 0.15) is 5.56 Å². The van der Waals surface area contributed by atoms with E-state index in [1.807, 2.05) is 24.3 Å². The van der Waals surface area contributed by atoms with Gasteiger partial charge in [-0.15, -0.1) is 0 Å². The van der Waals surface area contributed by atoms with Gasteiger partial charge >= 0.3 is 6.03 Å². The molecular formula is C26H21BrN2O6. The Morgan fingerprint density at radius 2 is 1.51 bits per heavy atom. The number of rotatable bonds is 8. The molecule has 1 heterocycles. The molecule has 0 saturated carbocycles. The van der Waals surface area contributed by atoms with Gasteiger partial charge in [-0.1, -0.05) is 40.2 Å². The van der Waals surface area contributed by atoms with Gasteiger partial charge in [0.2, 0.25) is 0 Å². The molecule has 0 spiro atoms. The standard InChI is InChI=1S/C26H21BrN2O6/c1-33-22-4-2-3-5-23(22)35-15-14-34-20-12-6-17(7-13-20)16-21-24(30)28-26(32)29(25(21)31)19-10-8-18(27)9-11-19/h2-13,16H,14-15H2,1H3,(H,28,30,32). The molecule has 1 aliphatic rings. The second-order valence-corrected chi connectivity index (χ2v) is 8.27. The minimum Gasteiger partial charge on any atom is -0.493 e. The van der Waals surface area contributed by atoms with E-state index in [0.717, 1.165) is 9.37 Å². The molecule has 0 radical (unpaired) electrons.